The molecule has 6 nitrogen and oxygen atoms in total. The Labute approximate surface area is 148 Å². The van der Waals surface area contributed by atoms with Gasteiger partial charge in [-0.05, 0) is 30.4 Å². The first-order chi connectivity index (χ1) is 11.7. The predicted octanol–water partition coefficient (Wildman–Crippen LogP) is 2.19. The van der Waals surface area contributed by atoms with Crippen molar-refractivity contribution in [2.24, 2.45) is 11.8 Å². The van der Waals surface area contributed by atoms with Crippen LogP contribution in [-0.4, -0.2) is 39.2 Å². The highest BCUT2D eigenvalue weighted by molar-refractivity contribution is 7.90. The molecule has 1 aliphatic carbocycles. The Hall–Kier alpha value is -1.89. The molecule has 1 fully saturated rings. The van der Waals surface area contributed by atoms with Crippen molar-refractivity contribution in [2.45, 2.75) is 44.0 Å². The van der Waals surface area contributed by atoms with Gasteiger partial charge >= 0.3 is 5.97 Å². The molecule has 0 spiro atoms. The molecule has 3 atom stereocenters. The minimum absolute atomic E-state index is 0.0579. The van der Waals surface area contributed by atoms with Crippen molar-refractivity contribution in [2.75, 3.05) is 12.9 Å². The van der Waals surface area contributed by atoms with Gasteiger partial charge in [0.05, 0.1) is 10.5 Å². The normalized spacial score (nSPS) is 23.7. The number of rotatable bonds is 5. The van der Waals surface area contributed by atoms with Crippen LogP contribution in [0.1, 0.15) is 43.5 Å². The number of hydrogen-bond acceptors (Lipinski definition) is 5. The van der Waals surface area contributed by atoms with Crippen LogP contribution < -0.4 is 5.32 Å². The van der Waals surface area contributed by atoms with Gasteiger partial charge in [-0.3, -0.25) is 4.79 Å². The summed E-state index contributed by atoms with van der Waals surface area (Å²) < 4.78 is 28.5. The minimum atomic E-state index is -3.55. The predicted molar refractivity (Wildman–Crippen MR) is 93.9 cm³/mol. The second-order valence-corrected chi connectivity index (χ2v) is 8.77. The summed E-state index contributed by atoms with van der Waals surface area (Å²) in [5.74, 6) is -0.264. The molecular formula is C18H25NO5S. The lowest BCUT2D eigenvalue weighted by Crippen LogP contribution is -2.45. The number of amides is 1. The van der Waals surface area contributed by atoms with Gasteiger partial charge in [-0.1, -0.05) is 38.8 Å². The van der Waals surface area contributed by atoms with Crippen LogP contribution in [0.2, 0.25) is 0 Å². The summed E-state index contributed by atoms with van der Waals surface area (Å²) in [7, 11) is -3.55. The molecule has 0 aliphatic heterocycles. The van der Waals surface area contributed by atoms with Gasteiger partial charge in [0.2, 0.25) is 0 Å². The van der Waals surface area contributed by atoms with Gasteiger partial charge in [0, 0.05) is 12.3 Å². The first-order valence-corrected chi connectivity index (χ1v) is 10.3. The van der Waals surface area contributed by atoms with Gasteiger partial charge in [0.15, 0.2) is 16.4 Å². The van der Waals surface area contributed by atoms with Gasteiger partial charge in [0.1, 0.15) is 0 Å². The average molecular weight is 367 g/mol. The zero-order valence-electron chi connectivity index (χ0n) is 14.8. The number of carbonyl (C=O) groups excluding carboxylic acids is 2. The fourth-order valence-corrected chi connectivity index (χ4v) is 4.08. The highest BCUT2D eigenvalue weighted by Gasteiger charge is 2.28. The summed E-state index contributed by atoms with van der Waals surface area (Å²) in [6.07, 6.45) is 4.17. The average Bonchev–Trinajstić information content (AvgIpc) is 2.56. The van der Waals surface area contributed by atoms with Crippen molar-refractivity contribution >= 4 is 21.7 Å². The third kappa shape index (κ3) is 5.04. The molecule has 1 saturated carbocycles. The Bertz CT molecular complexity index is 744. The molecule has 0 radical (unpaired) electrons. The molecule has 0 aromatic heterocycles. The molecule has 7 heteroatoms. The van der Waals surface area contributed by atoms with E-state index in [1.165, 1.54) is 18.2 Å². The van der Waals surface area contributed by atoms with E-state index in [-0.39, 0.29) is 22.4 Å². The summed E-state index contributed by atoms with van der Waals surface area (Å²) in [5, 5.41) is 2.92. The minimum Gasteiger partial charge on any atom is -0.452 e. The number of nitrogens with one attached hydrogen (secondary N) is 1. The monoisotopic (exact) mass is 367 g/mol. The summed E-state index contributed by atoms with van der Waals surface area (Å²) in [5.41, 5.74) is -0.0579. The topological polar surface area (TPSA) is 89.5 Å². The molecule has 1 aliphatic rings. The van der Waals surface area contributed by atoms with Crippen molar-refractivity contribution in [3.63, 3.8) is 0 Å². The molecule has 1 aromatic rings. The van der Waals surface area contributed by atoms with E-state index in [0.717, 1.165) is 25.5 Å². The molecule has 1 aromatic carbocycles. The van der Waals surface area contributed by atoms with Gasteiger partial charge in [-0.25, -0.2) is 13.2 Å². The number of esters is 1. The van der Waals surface area contributed by atoms with E-state index in [4.69, 9.17) is 4.74 Å². The van der Waals surface area contributed by atoms with Gasteiger partial charge in [-0.15, -0.1) is 0 Å². The molecule has 0 bridgehead atoms. The van der Waals surface area contributed by atoms with Crippen LogP contribution in [-0.2, 0) is 19.4 Å². The van der Waals surface area contributed by atoms with E-state index in [2.05, 4.69) is 19.2 Å². The maximum absolute atomic E-state index is 12.2. The lowest BCUT2D eigenvalue weighted by Gasteiger charge is -2.34. The number of sulfone groups is 1. The molecule has 0 saturated heterocycles. The Balaban J connectivity index is 1.95. The Kier molecular flexibility index (Phi) is 6.21. The first kappa shape index (κ1) is 19.4. The second-order valence-electron chi connectivity index (χ2n) is 6.79. The zero-order valence-corrected chi connectivity index (χ0v) is 15.6. The Morgan fingerprint density at radius 2 is 1.88 bits per heavy atom. The van der Waals surface area contributed by atoms with Crippen LogP contribution in [0.4, 0.5) is 0 Å². The largest absolute Gasteiger partial charge is 0.452 e. The third-order valence-electron chi connectivity index (χ3n) is 4.89. The SMILES string of the molecule is C[C@@H]1[C@@H](C)CCC[C@H]1NC(=O)COC(=O)c1ccccc1S(C)(=O)=O. The molecule has 0 heterocycles. The summed E-state index contributed by atoms with van der Waals surface area (Å²) >= 11 is 0. The van der Waals surface area contributed by atoms with Crippen molar-refractivity contribution in [3.05, 3.63) is 29.8 Å². The molecule has 1 amide bonds. The maximum Gasteiger partial charge on any atom is 0.339 e. The molecule has 2 rings (SSSR count). The van der Waals surface area contributed by atoms with E-state index in [1.54, 1.807) is 6.07 Å². The molecular weight excluding hydrogens is 342 g/mol. The Morgan fingerprint density at radius 1 is 1.20 bits per heavy atom. The standard InChI is InChI=1S/C18H25NO5S/c1-12-7-6-9-15(13(12)2)19-17(20)11-24-18(21)14-8-4-5-10-16(14)25(3,22)23/h4-5,8,10,12-13,15H,6-7,9,11H2,1-3H3,(H,19,20)/t12-,13+,15+/m0/s1. The Morgan fingerprint density at radius 3 is 2.56 bits per heavy atom. The first-order valence-electron chi connectivity index (χ1n) is 8.45. The van der Waals surface area contributed by atoms with Crippen molar-refractivity contribution in [1.29, 1.82) is 0 Å². The van der Waals surface area contributed by atoms with Crippen LogP contribution in [0.15, 0.2) is 29.2 Å². The lowest BCUT2D eigenvalue weighted by molar-refractivity contribution is -0.125. The third-order valence-corrected chi connectivity index (χ3v) is 6.05. The van der Waals surface area contributed by atoms with E-state index in [0.29, 0.717) is 11.8 Å². The number of carbonyl (C=O) groups is 2. The maximum atomic E-state index is 12.2. The zero-order chi connectivity index (χ0) is 18.6. The molecule has 0 unspecified atom stereocenters. The number of benzene rings is 1. The van der Waals surface area contributed by atoms with Crippen LogP contribution in [0, 0.1) is 11.8 Å². The van der Waals surface area contributed by atoms with E-state index in [9.17, 15) is 18.0 Å². The van der Waals surface area contributed by atoms with Crippen LogP contribution in [0.3, 0.4) is 0 Å². The lowest BCUT2D eigenvalue weighted by atomic mass is 9.78. The van der Waals surface area contributed by atoms with Gasteiger partial charge in [-0.2, -0.15) is 0 Å². The number of hydrogen-bond donors (Lipinski definition) is 1. The van der Waals surface area contributed by atoms with Crippen LogP contribution in [0.5, 0.6) is 0 Å². The fraction of sp³-hybridized carbons (Fsp3) is 0.556. The second kappa shape index (κ2) is 7.99. The fourth-order valence-electron chi connectivity index (χ4n) is 3.20. The quantitative estimate of drug-likeness (QED) is 0.806. The summed E-state index contributed by atoms with van der Waals surface area (Å²) in [6.45, 7) is 3.86. The van der Waals surface area contributed by atoms with Crippen molar-refractivity contribution in [1.82, 2.24) is 5.32 Å². The van der Waals surface area contributed by atoms with E-state index >= 15 is 0 Å². The summed E-state index contributed by atoms with van der Waals surface area (Å²) in [6, 6.07) is 5.89. The molecule has 25 heavy (non-hydrogen) atoms. The van der Waals surface area contributed by atoms with Crippen LogP contribution in [0.25, 0.3) is 0 Å². The molecule has 1 N–H and O–H groups in total. The molecule has 138 valence electrons. The van der Waals surface area contributed by atoms with E-state index in [1.807, 2.05) is 0 Å². The number of ether oxygens (including phenoxy) is 1. The summed E-state index contributed by atoms with van der Waals surface area (Å²) in [4.78, 5) is 24.1. The smallest absolute Gasteiger partial charge is 0.339 e. The van der Waals surface area contributed by atoms with Gasteiger partial charge < -0.3 is 10.1 Å². The van der Waals surface area contributed by atoms with Crippen LogP contribution >= 0.6 is 0 Å². The van der Waals surface area contributed by atoms with E-state index < -0.39 is 22.4 Å². The van der Waals surface area contributed by atoms with Crippen molar-refractivity contribution in [3.8, 4) is 0 Å². The highest BCUT2D eigenvalue weighted by Crippen LogP contribution is 2.29. The van der Waals surface area contributed by atoms with Crippen molar-refractivity contribution < 1.29 is 22.7 Å². The highest BCUT2D eigenvalue weighted by atomic mass is 32.2. The van der Waals surface area contributed by atoms with Gasteiger partial charge in [0.25, 0.3) is 5.91 Å².